The molecule has 76 valence electrons. The Morgan fingerprint density at radius 1 is 1.50 bits per heavy atom. The first-order chi connectivity index (χ1) is 6.52. The lowest BCUT2D eigenvalue weighted by Gasteiger charge is -2.02. The van der Waals surface area contributed by atoms with Crippen LogP contribution >= 0.6 is 0 Å². The van der Waals surface area contributed by atoms with E-state index >= 15 is 0 Å². The summed E-state index contributed by atoms with van der Waals surface area (Å²) in [6.45, 7) is 9.40. The molecular formula is C12H17NO. The van der Waals surface area contributed by atoms with Crippen LogP contribution in [0.4, 0.5) is 0 Å². The monoisotopic (exact) mass is 191 g/mol. The van der Waals surface area contributed by atoms with Gasteiger partial charge in [0, 0.05) is 0 Å². The van der Waals surface area contributed by atoms with E-state index in [0.717, 1.165) is 18.4 Å². The summed E-state index contributed by atoms with van der Waals surface area (Å²) < 4.78 is 0. The summed E-state index contributed by atoms with van der Waals surface area (Å²) in [4.78, 5) is 0. The molecule has 0 fully saturated rings. The number of nitriles is 1. The average Bonchev–Trinajstić information content (AvgIpc) is 2.13. The zero-order valence-electron chi connectivity index (χ0n) is 9.09. The first-order valence-corrected chi connectivity index (χ1v) is 4.69. The van der Waals surface area contributed by atoms with Gasteiger partial charge in [-0.2, -0.15) is 5.26 Å². The standard InChI is InChI=1S/C12H17NO/c1-5-6-9(2)10(3)7-12(8-13)11(4)14/h7,14H,4-6H2,1-3H3/b10-9+,12-7-. The second kappa shape index (κ2) is 6.04. The van der Waals surface area contributed by atoms with Gasteiger partial charge in [0.2, 0.25) is 0 Å². The topological polar surface area (TPSA) is 44.0 Å². The SMILES string of the molecule is C=C(O)/C(C#N)=C\C(C)=C(/C)CCC. The van der Waals surface area contributed by atoms with Gasteiger partial charge in [-0.25, -0.2) is 0 Å². The summed E-state index contributed by atoms with van der Waals surface area (Å²) in [7, 11) is 0. The molecule has 0 heterocycles. The third-order valence-electron chi connectivity index (χ3n) is 2.09. The smallest absolute Gasteiger partial charge is 0.126 e. The van der Waals surface area contributed by atoms with Crippen LogP contribution in [-0.4, -0.2) is 5.11 Å². The summed E-state index contributed by atoms with van der Waals surface area (Å²) in [5.41, 5.74) is 2.50. The lowest BCUT2D eigenvalue weighted by atomic mass is 10.0. The predicted octanol–water partition coefficient (Wildman–Crippen LogP) is 3.64. The maximum Gasteiger partial charge on any atom is 0.126 e. The zero-order chi connectivity index (χ0) is 11.1. The van der Waals surface area contributed by atoms with Crippen molar-refractivity contribution in [2.24, 2.45) is 0 Å². The van der Waals surface area contributed by atoms with Gasteiger partial charge in [-0.15, -0.1) is 0 Å². The molecule has 0 aromatic heterocycles. The minimum atomic E-state index is -0.170. The van der Waals surface area contributed by atoms with Crippen LogP contribution in [0.2, 0.25) is 0 Å². The number of hydrogen-bond acceptors (Lipinski definition) is 2. The molecule has 0 aliphatic heterocycles. The van der Waals surface area contributed by atoms with Crippen LogP contribution < -0.4 is 0 Å². The van der Waals surface area contributed by atoms with Gasteiger partial charge in [0.05, 0.1) is 5.57 Å². The second-order valence-corrected chi connectivity index (χ2v) is 3.33. The van der Waals surface area contributed by atoms with E-state index < -0.39 is 0 Å². The lowest BCUT2D eigenvalue weighted by Crippen LogP contribution is -1.87. The van der Waals surface area contributed by atoms with E-state index in [-0.39, 0.29) is 11.3 Å². The third-order valence-corrected chi connectivity index (χ3v) is 2.09. The highest BCUT2D eigenvalue weighted by Gasteiger charge is 2.00. The van der Waals surface area contributed by atoms with Gasteiger partial charge >= 0.3 is 0 Å². The molecule has 0 aliphatic rings. The van der Waals surface area contributed by atoms with E-state index in [1.807, 2.05) is 19.9 Å². The van der Waals surface area contributed by atoms with Gasteiger partial charge in [-0.3, -0.25) is 0 Å². The van der Waals surface area contributed by atoms with E-state index in [1.165, 1.54) is 5.57 Å². The van der Waals surface area contributed by atoms with E-state index in [9.17, 15) is 0 Å². The Bertz CT molecular complexity index is 316. The van der Waals surface area contributed by atoms with Gasteiger partial charge in [0.15, 0.2) is 0 Å². The maximum absolute atomic E-state index is 9.06. The maximum atomic E-state index is 9.06. The fraction of sp³-hybridized carbons (Fsp3) is 0.417. The highest BCUT2D eigenvalue weighted by molar-refractivity contribution is 5.42. The van der Waals surface area contributed by atoms with E-state index in [4.69, 9.17) is 10.4 Å². The molecule has 0 saturated heterocycles. The fourth-order valence-electron chi connectivity index (χ4n) is 1.09. The van der Waals surface area contributed by atoms with Gasteiger partial charge in [-0.05, 0) is 26.3 Å². The van der Waals surface area contributed by atoms with Gasteiger partial charge in [0.1, 0.15) is 11.8 Å². The van der Waals surface area contributed by atoms with E-state index in [1.54, 1.807) is 6.08 Å². The fourth-order valence-corrected chi connectivity index (χ4v) is 1.09. The van der Waals surface area contributed by atoms with Crippen LogP contribution in [0, 0.1) is 11.3 Å². The van der Waals surface area contributed by atoms with Crippen molar-refractivity contribution in [3.63, 3.8) is 0 Å². The van der Waals surface area contributed by atoms with Gasteiger partial charge in [0.25, 0.3) is 0 Å². The molecule has 2 heteroatoms. The quantitative estimate of drug-likeness (QED) is 0.419. The van der Waals surface area contributed by atoms with Crippen molar-refractivity contribution >= 4 is 0 Å². The first kappa shape index (κ1) is 12.5. The largest absolute Gasteiger partial charge is 0.507 e. The minimum Gasteiger partial charge on any atom is -0.507 e. The molecular weight excluding hydrogens is 174 g/mol. The predicted molar refractivity (Wildman–Crippen MR) is 58.7 cm³/mol. The summed E-state index contributed by atoms with van der Waals surface area (Å²) in [6, 6.07) is 1.91. The molecule has 0 saturated carbocycles. The molecule has 2 nitrogen and oxygen atoms in total. The molecule has 0 amide bonds. The van der Waals surface area contributed by atoms with Crippen molar-refractivity contribution in [1.29, 1.82) is 5.26 Å². The Morgan fingerprint density at radius 2 is 2.07 bits per heavy atom. The average molecular weight is 191 g/mol. The first-order valence-electron chi connectivity index (χ1n) is 4.69. The summed E-state index contributed by atoms with van der Waals surface area (Å²) in [5, 5.41) is 17.8. The highest BCUT2D eigenvalue weighted by atomic mass is 16.3. The summed E-state index contributed by atoms with van der Waals surface area (Å²) >= 11 is 0. The van der Waals surface area contributed by atoms with Crippen molar-refractivity contribution in [3.05, 3.63) is 35.1 Å². The summed E-state index contributed by atoms with van der Waals surface area (Å²) in [5.74, 6) is -0.170. The molecule has 0 atom stereocenters. The molecule has 0 rings (SSSR count). The van der Waals surface area contributed by atoms with Crippen LogP contribution in [0.3, 0.4) is 0 Å². The number of hydrogen-bond donors (Lipinski definition) is 1. The Balaban J connectivity index is 4.88. The molecule has 0 radical (unpaired) electrons. The zero-order valence-corrected chi connectivity index (χ0v) is 9.09. The molecule has 1 N–H and O–H groups in total. The Labute approximate surface area is 85.9 Å². The van der Waals surface area contributed by atoms with Crippen molar-refractivity contribution in [3.8, 4) is 6.07 Å². The van der Waals surface area contributed by atoms with Crippen LogP contribution in [0.5, 0.6) is 0 Å². The molecule has 0 aromatic rings. The van der Waals surface area contributed by atoms with Crippen LogP contribution in [0.25, 0.3) is 0 Å². The van der Waals surface area contributed by atoms with Crippen molar-refractivity contribution in [1.82, 2.24) is 0 Å². The summed E-state index contributed by atoms with van der Waals surface area (Å²) in [6.07, 6.45) is 3.77. The molecule has 0 aliphatic carbocycles. The number of aliphatic hydroxyl groups is 1. The molecule has 0 unspecified atom stereocenters. The van der Waals surface area contributed by atoms with E-state index in [2.05, 4.69) is 13.5 Å². The lowest BCUT2D eigenvalue weighted by molar-refractivity contribution is 0.430. The second-order valence-electron chi connectivity index (χ2n) is 3.33. The number of allylic oxidation sites excluding steroid dienone is 4. The van der Waals surface area contributed by atoms with Gasteiger partial charge < -0.3 is 5.11 Å². The normalized spacial score (nSPS) is 13.1. The molecule has 0 spiro atoms. The highest BCUT2D eigenvalue weighted by Crippen LogP contribution is 2.14. The number of nitrogens with zero attached hydrogens (tertiary/aromatic N) is 1. The Kier molecular flexibility index (Phi) is 5.40. The molecule has 0 bridgehead atoms. The van der Waals surface area contributed by atoms with Crippen LogP contribution in [0.1, 0.15) is 33.6 Å². The van der Waals surface area contributed by atoms with Gasteiger partial charge in [-0.1, -0.05) is 31.1 Å². The number of rotatable bonds is 4. The number of aliphatic hydroxyl groups excluding tert-OH is 1. The third kappa shape index (κ3) is 3.95. The van der Waals surface area contributed by atoms with Crippen molar-refractivity contribution < 1.29 is 5.11 Å². The molecule has 0 aromatic carbocycles. The Morgan fingerprint density at radius 3 is 2.43 bits per heavy atom. The van der Waals surface area contributed by atoms with Crippen molar-refractivity contribution in [2.45, 2.75) is 33.6 Å². The van der Waals surface area contributed by atoms with Crippen LogP contribution in [-0.2, 0) is 0 Å². The van der Waals surface area contributed by atoms with Crippen molar-refractivity contribution in [2.75, 3.05) is 0 Å². The molecule has 14 heavy (non-hydrogen) atoms. The van der Waals surface area contributed by atoms with Crippen LogP contribution in [0.15, 0.2) is 35.1 Å². The van der Waals surface area contributed by atoms with E-state index in [0.29, 0.717) is 0 Å². The minimum absolute atomic E-state index is 0.170. The Hall–Kier alpha value is -1.49.